The molecule has 0 aliphatic carbocycles. The van der Waals surface area contributed by atoms with Crippen LogP contribution in [-0.2, 0) is 5.75 Å². The van der Waals surface area contributed by atoms with Crippen molar-refractivity contribution < 1.29 is 9.21 Å². The molecule has 3 N–H and O–H groups in total. The number of nitrogens with two attached hydrogens (primary N) is 1. The first-order valence-electron chi connectivity index (χ1n) is 5.62. The fourth-order valence-corrected chi connectivity index (χ4v) is 2.27. The summed E-state index contributed by atoms with van der Waals surface area (Å²) in [6.07, 6.45) is 3.54. The topological polar surface area (TPSA) is 94.0 Å². The Kier molecular flexibility index (Phi) is 4.18. The van der Waals surface area contributed by atoms with Gasteiger partial charge in [-0.2, -0.15) is 0 Å². The van der Waals surface area contributed by atoms with E-state index in [9.17, 15) is 4.79 Å². The van der Waals surface area contributed by atoms with Gasteiger partial charge in [-0.1, -0.05) is 11.8 Å². The summed E-state index contributed by atoms with van der Waals surface area (Å²) in [7, 11) is 0. The molecule has 6 nitrogen and oxygen atoms in total. The average molecular weight is 278 g/mol. The van der Waals surface area contributed by atoms with Crippen LogP contribution in [0.4, 0.5) is 0 Å². The van der Waals surface area contributed by atoms with Crippen LogP contribution in [0.15, 0.2) is 28.0 Å². The van der Waals surface area contributed by atoms with Crippen LogP contribution in [-0.4, -0.2) is 15.9 Å². The van der Waals surface area contributed by atoms with E-state index in [0.29, 0.717) is 16.7 Å². The van der Waals surface area contributed by atoms with Gasteiger partial charge in [0.05, 0.1) is 0 Å². The monoisotopic (exact) mass is 278 g/mol. The molecular weight excluding hydrogens is 264 g/mol. The van der Waals surface area contributed by atoms with E-state index in [1.807, 2.05) is 12.3 Å². The Labute approximate surface area is 114 Å². The van der Waals surface area contributed by atoms with Crippen molar-refractivity contribution in [1.29, 1.82) is 0 Å². The van der Waals surface area contributed by atoms with Crippen LogP contribution in [0.3, 0.4) is 0 Å². The maximum atomic E-state index is 11.3. The van der Waals surface area contributed by atoms with Gasteiger partial charge in [0, 0.05) is 23.7 Å². The van der Waals surface area contributed by atoms with Crippen LogP contribution in [0.1, 0.15) is 27.4 Å². The number of nitrogen functional groups attached to an aromatic ring is 1. The third-order valence-corrected chi connectivity index (χ3v) is 3.41. The smallest absolute Gasteiger partial charge is 0.300 e. The van der Waals surface area contributed by atoms with Crippen molar-refractivity contribution in [3.63, 3.8) is 0 Å². The normalized spacial score (nSPS) is 10.5. The molecule has 1 amide bonds. The lowest BCUT2D eigenvalue weighted by Crippen LogP contribution is -2.29. The molecular formula is C12H14N4O2S. The van der Waals surface area contributed by atoms with Crippen molar-refractivity contribution in [1.82, 2.24) is 15.4 Å². The van der Waals surface area contributed by atoms with E-state index in [1.54, 1.807) is 25.4 Å². The Bertz CT molecular complexity index is 580. The molecule has 100 valence electrons. The summed E-state index contributed by atoms with van der Waals surface area (Å²) in [5.41, 5.74) is 3.98. The minimum atomic E-state index is -0.439. The number of hydrogen-bond acceptors (Lipinski definition) is 6. The number of furan rings is 1. The van der Waals surface area contributed by atoms with Crippen molar-refractivity contribution in [3.05, 3.63) is 41.1 Å². The Balaban J connectivity index is 2.05. The maximum absolute atomic E-state index is 11.3. The third kappa shape index (κ3) is 3.33. The molecule has 0 fully saturated rings. The molecule has 0 unspecified atom stereocenters. The van der Waals surface area contributed by atoms with Gasteiger partial charge in [0.15, 0.2) is 10.9 Å². The third-order valence-electron chi connectivity index (χ3n) is 2.49. The SMILES string of the molecule is Cc1cnc(SCc2cc(C(=O)NN)oc2C)nc1. The molecule has 0 aliphatic rings. The van der Waals surface area contributed by atoms with Gasteiger partial charge in [0.1, 0.15) is 5.76 Å². The molecule has 7 heteroatoms. The molecule has 0 bridgehead atoms. The van der Waals surface area contributed by atoms with Gasteiger partial charge in [0.2, 0.25) is 0 Å². The molecule has 2 rings (SSSR count). The van der Waals surface area contributed by atoms with E-state index in [0.717, 1.165) is 11.1 Å². The molecule has 0 saturated heterocycles. The molecule has 0 saturated carbocycles. The lowest BCUT2D eigenvalue weighted by Gasteiger charge is -1.99. The standard InChI is InChI=1S/C12H14N4O2S/c1-7-4-14-12(15-5-7)19-6-9-3-10(11(17)16-13)18-8(9)2/h3-5H,6,13H2,1-2H3,(H,16,17). The van der Waals surface area contributed by atoms with Crippen molar-refractivity contribution in [2.45, 2.75) is 24.8 Å². The highest BCUT2D eigenvalue weighted by Crippen LogP contribution is 2.23. The Hall–Kier alpha value is -1.86. The predicted octanol–water partition coefficient (Wildman–Crippen LogP) is 1.58. The Morgan fingerprint density at radius 2 is 2.11 bits per heavy atom. The number of aryl methyl sites for hydroxylation is 2. The average Bonchev–Trinajstić information content (AvgIpc) is 2.79. The number of hydrazine groups is 1. The number of hydrogen-bond donors (Lipinski definition) is 2. The number of aromatic nitrogens is 2. The molecule has 2 aromatic rings. The molecule has 0 aliphatic heterocycles. The first kappa shape index (κ1) is 13.6. The number of nitrogens with zero attached hydrogens (tertiary/aromatic N) is 2. The molecule has 2 aromatic heterocycles. The molecule has 19 heavy (non-hydrogen) atoms. The van der Waals surface area contributed by atoms with E-state index < -0.39 is 5.91 Å². The first-order chi connectivity index (χ1) is 9.10. The van der Waals surface area contributed by atoms with Gasteiger partial charge in [-0.3, -0.25) is 10.2 Å². The summed E-state index contributed by atoms with van der Waals surface area (Å²) >= 11 is 1.48. The van der Waals surface area contributed by atoms with E-state index >= 15 is 0 Å². The van der Waals surface area contributed by atoms with Crippen molar-refractivity contribution in [2.75, 3.05) is 0 Å². The minimum Gasteiger partial charge on any atom is -0.456 e. The van der Waals surface area contributed by atoms with Gasteiger partial charge >= 0.3 is 5.91 Å². The molecule has 0 radical (unpaired) electrons. The fourth-order valence-electron chi connectivity index (χ4n) is 1.44. The maximum Gasteiger partial charge on any atom is 0.300 e. The first-order valence-corrected chi connectivity index (χ1v) is 6.60. The van der Waals surface area contributed by atoms with Crippen LogP contribution in [0.2, 0.25) is 0 Å². The lowest BCUT2D eigenvalue weighted by atomic mass is 10.3. The van der Waals surface area contributed by atoms with Gasteiger partial charge in [0.25, 0.3) is 0 Å². The largest absolute Gasteiger partial charge is 0.456 e. The quantitative estimate of drug-likeness (QED) is 0.290. The second kappa shape index (κ2) is 5.85. The van der Waals surface area contributed by atoms with Crippen molar-refractivity contribution in [2.24, 2.45) is 5.84 Å². The highest BCUT2D eigenvalue weighted by atomic mass is 32.2. The Morgan fingerprint density at radius 3 is 2.74 bits per heavy atom. The highest BCUT2D eigenvalue weighted by Gasteiger charge is 2.13. The van der Waals surface area contributed by atoms with E-state index in [2.05, 4.69) is 9.97 Å². The second-order valence-electron chi connectivity index (χ2n) is 4.00. The predicted molar refractivity (Wildman–Crippen MR) is 71.4 cm³/mol. The van der Waals surface area contributed by atoms with E-state index in [-0.39, 0.29) is 5.76 Å². The van der Waals surface area contributed by atoms with Crippen LogP contribution in [0.5, 0.6) is 0 Å². The zero-order chi connectivity index (χ0) is 13.8. The van der Waals surface area contributed by atoms with Gasteiger partial charge in [-0.15, -0.1) is 0 Å². The zero-order valence-electron chi connectivity index (χ0n) is 10.6. The summed E-state index contributed by atoms with van der Waals surface area (Å²) in [6.45, 7) is 3.74. The number of carbonyl (C=O) groups excluding carboxylic acids is 1. The van der Waals surface area contributed by atoms with Crippen LogP contribution in [0.25, 0.3) is 0 Å². The fraction of sp³-hybridized carbons (Fsp3) is 0.250. The summed E-state index contributed by atoms with van der Waals surface area (Å²) in [5, 5.41) is 0.691. The summed E-state index contributed by atoms with van der Waals surface area (Å²) < 4.78 is 5.33. The summed E-state index contributed by atoms with van der Waals surface area (Å²) in [4.78, 5) is 19.7. The van der Waals surface area contributed by atoms with E-state index in [1.165, 1.54) is 11.8 Å². The lowest BCUT2D eigenvalue weighted by molar-refractivity contribution is 0.0924. The Morgan fingerprint density at radius 1 is 1.42 bits per heavy atom. The van der Waals surface area contributed by atoms with Crippen LogP contribution >= 0.6 is 11.8 Å². The number of amides is 1. The molecule has 0 aromatic carbocycles. The molecule has 0 atom stereocenters. The molecule has 0 spiro atoms. The minimum absolute atomic E-state index is 0.209. The zero-order valence-corrected chi connectivity index (χ0v) is 11.5. The second-order valence-corrected chi connectivity index (χ2v) is 4.94. The molecule has 2 heterocycles. The summed E-state index contributed by atoms with van der Waals surface area (Å²) in [5.74, 6) is 6.16. The van der Waals surface area contributed by atoms with Gasteiger partial charge < -0.3 is 4.42 Å². The van der Waals surface area contributed by atoms with Gasteiger partial charge in [-0.05, 0) is 25.5 Å². The number of rotatable bonds is 4. The summed E-state index contributed by atoms with van der Waals surface area (Å²) in [6, 6.07) is 1.68. The van der Waals surface area contributed by atoms with Crippen molar-refractivity contribution >= 4 is 17.7 Å². The van der Waals surface area contributed by atoms with Gasteiger partial charge in [-0.25, -0.2) is 15.8 Å². The number of carbonyl (C=O) groups is 1. The van der Waals surface area contributed by atoms with Crippen LogP contribution in [0, 0.1) is 13.8 Å². The van der Waals surface area contributed by atoms with Crippen molar-refractivity contribution in [3.8, 4) is 0 Å². The van der Waals surface area contributed by atoms with Crippen LogP contribution < -0.4 is 11.3 Å². The van der Waals surface area contributed by atoms with E-state index in [4.69, 9.17) is 10.3 Å². The number of thioether (sulfide) groups is 1. The highest BCUT2D eigenvalue weighted by molar-refractivity contribution is 7.98. The number of nitrogens with one attached hydrogen (secondary N) is 1.